The summed E-state index contributed by atoms with van der Waals surface area (Å²) in [5.74, 6) is 0. The Kier molecular flexibility index (Phi) is 2.25. The van der Waals surface area contributed by atoms with E-state index in [1.807, 2.05) is 26.0 Å². The number of rotatable bonds is 2. The Morgan fingerprint density at radius 1 is 1.44 bits per heavy atom. The molecule has 1 aliphatic heterocycles. The van der Waals surface area contributed by atoms with Crippen molar-refractivity contribution in [2.75, 3.05) is 0 Å². The van der Waals surface area contributed by atoms with Gasteiger partial charge in [-0.2, -0.15) is 0 Å². The lowest BCUT2D eigenvalue weighted by atomic mass is 10.3. The maximum absolute atomic E-state index is 5.17. The fourth-order valence-corrected chi connectivity index (χ4v) is 0.796. The zero-order valence-electron chi connectivity index (χ0n) is 5.83. The summed E-state index contributed by atoms with van der Waals surface area (Å²) in [6.07, 6.45) is 4.95. The van der Waals surface area contributed by atoms with Crippen molar-refractivity contribution in [2.24, 2.45) is 0 Å². The van der Waals surface area contributed by atoms with E-state index in [0.29, 0.717) is 0 Å². The van der Waals surface area contributed by atoms with E-state index in [9.17, 15) is 0 Å². The van der Waals surface area contributed by atoms with Gasteiger partial charge in [-0.1, -0.05) is 12.2 Å². The summed E-state index contributed by atoms with van der Waals surface area (Å²) in [6.45, 7) is 3.88. The largest absolute Gasteiger partial charge is 0.324 e. The predicted octanol–water partition coefficient (Wildman–Crippen LogP) is 1.67. The van der Waals surface area contributed by atoms with E-state index >= 15 is 0 Å². The summed E-state index contributed by atoms with van der Waals surface area (Å²) in [7, 11) is 0. The van der Waals surface area contributed by atoms with E-state index < -0.39 is 0 Å². The summed E-state index contributed by atoms with van der Waals surface area (Å²) in [5, 5.41) is 0. The Labute approximate surface area is 55.5 Å². The van der Waals surface area contributed by atoms with E-state index in [4.69, 9.17) is 9.47 Å². The van der Waals surface area contributed by atoms with Crippen molar-refractivity contribution >= 4 is 0 Å². The van der Waals surface area contributed by atoms with Gasteiger partial charge in [0.2, 0.25) is 0 Å². The number of hydrogen-bond acceptors (Lipinski definition) is 2. The summed E-state index contributed by atoms with van der Waals surface area (Å²) >= 11 is 0. The van der Waals surface area contributed by atoms with Crippen LogP contribution in [-0.2, 0) is 9.47 Å². The van der Waals surface area contributed by atoms with Crippen molar-refractivity contribution in [1.29, 1.82) is 0 Å². The van der Waals surface area contributed by atoms with Gasteiger partial charge in [-0.15, -0.1) is 0 Å². The fraction of sp³-hybridized carbons (Fsp3) is 0.714. The fourth-order valence-electron chi connectivity index (χ4n) is 0.796. The van der Waals surface area contributed by atoms with E-state index in [1.54, 1.807) is 0 Å². The molecule has 0 atom stereocenters. The van der Waals surface area contributed by atoms with Gasteiger partial charge in [0, 0.05) is 6.42 Å². The first-order valence-electron chi connectivity index (χ1n) is 3.25. The molecule has 1 rings (SSSR count). The van der Waals surface area contributed by atoms with Crippen molar-refractivity contribution in [3.05, 3.63) is 12.2 Å². The van der Waals surface area contributed by atoms with Gasteiger partial charge in [-0.3, -0.25) is 0 Å². The number of allylic oxidation sites excluding steroid dienone is 1. The summed E-state index contributed by atoms with van der Waals surface area (Å²) < 4.78 is 10.3. The molecule has 0 aromatic carbocycles. The lowest BCUT2D eigenvalue weighted by Gasteiger charge is -2.32. The summed E-state index contributed by atoms with van der Waals surface area (Å²) in [6, 6.07) is 0. The second kappa shape index (κ2) is 2.99. The van der Waals surface area contributed by atoms with E-state index in [2.05, 4.69) is 0 Å². The standard InChI is InChI=1S/C7H12O2/c1-3-4-5-7-8-6(2)9-7/h3-4,6-7H,5H2,1-2H3. The zero-order valence-corrected chi connectivity index (χ0v) is 5.83. The lowest BCUT2D eigenvalue weighted by molar-refractivity contribution is -0.373. The summed E-state index contributed by atoms with van der Waals surface area (Å²) in [4.78, 5) is 0. The van der Waals surface area contributed by atoms with Crippen LogP contribution in [0.15, 0.2) is 12.2 Å². The van der Waals surface area contributed by atoms with Crippen LogP contribution in [0.1, 0.15) is 20.3 Å². The first kappa shape index (κ1) is 6.78. The quantitative estimate of drug-likeness (QED) is 0.527. The van der Waals surface area contributed by atoms with Crippen molar-refractivity contribution < 1.29 is 9.47 Å². The first-order chi connectivity index (χ1) is 4.33. The Hall–Kier alpha value is -0.340. The van der Waals surface area contributed by atoms with Crippen LogP contribution in [0.2, 0.25) is 0 Å². The molecule has 1 heterocycles. The van der Waals surface area contributed by atoms with Gasteiger partial charge in [-0.05, 0) is 13.8 Å². The van der Waals surface area contributed by atoms with Crippen LogP contribution in [0, 0.1) is 0 Å². The molecular weight excluding hydrogens is 116 g/mol. The Balaban J connectivity index is 2.04. The Morgan fingerprint density at radius 2 is 2.11 bits per heavy atom. The molecule has 0 saturated carbocycles. The van der Waals surface area contributed by atoms with Gasteiger partial charge in [0.1, 0.15) is 0 Å². The molecule has 0 unspecified atom stereocenters. The molecule has 2 heteroatoms. The Bertz CT molecular complexity index is 103. The maximum Gasteiger partial charge on any atom is 0.167 e. The zero-order chi connectivity index (χ0) is 6.69. The molecular formula is C7H12O2. The molecule has 0 aromatic heterocycles. The lowest BCUT2D eigenvalue weighted by Crippen LogP contribution is -2.38. The molecule has 52 valence electrons. The van der Waals surface area contributed by atoms with Crippen LogP contribution in [-0.4, -0.2) is 12.6 Å². The molecule has 1 saturated heterocycles. The molecule has 2 nitrogen and oxygen atoms in total. The molecule has 0 radical (unpaired) electrons. The molecule has 0 N–H and O–H groups in total. The van der Waals surface area contributed by atoms with E-state index in [-0.39, 0.29) is 12.6 Å². The van der Waals surface area contributed by atoms with Crippen LogP contribution in [0.4, 0.5) is 0 Å². The third-order valence-electron chi connectivity index (χ3n) is 1.25. The second-order valence-corrected chi connectivity index (χ2v) is 2.07. The van der Waals surface area contributed by atoms with Crippen molar-refractivity contribution in [3.63, 3.8) is 0 Å². The monoisotopic (exact) mass is 128 g/mol. The average molecular weight is 128 g/mol. The minimum absolute atomic E-state index is 0.0141. The van der Waals surface area contributed by atoms with Crippen LogP contribution < -0.4 is 0 Å². The molecule has 0 aromatic rings. The average Bonchev–Trinajstić information content (AvgIpc) is 1.78. The van der Waals surface area contributed by atoms with Gasteiger partial charge >= 0.3 is 0 Å². The SMILES string of the molecule is CC=CCC1OC(C)O1. The van der Waals surface area contributed by atoms with Gasteiger partial charge in [0.05, 0.1) is 0 Å². The van der Waals surface area contributed by atoms with Gasteiger partial charge in [0.25, 0.3) is 0 Å². The molecule has 9 heavy (non-hydrogen) atoms. The highest BCUT2D eigenvalue weighted by molar-refractivity contribution is 4.79. The smallest absolute Gasteiger partial charge is 0.167 e. The summed E-state index contributed by atoms with van der Waals surface area (Å²) in [5.41, 5.74) is 0. The van der Waals surface area contributed by atoms with Crippen LogP contribution in [0.5, 0.6) is 0 Å². The van der Waals surface area contributed by atoms with E-state index in [1.165, 1.54) is 0 Å². The van der Waals surface area contributed by atoms with Crippen LogP contribution in [0.25, 0.3) is 0 Å². The molecule has 0 amide bonds. The topological polar surface area (TPSA) is 18.5 Å². The number of hydrogen-bond donors (Lipinski definition) is 0. The molecule has 0 spiro atoms. The van der Waals surface area contributed by atoms with Crippen LogP contribution in [0.3, 0.4) is 0 Å². The van der Waals surface area contributed by atoms with E-state index in [0.717, 1.165) is 6.42 Å². The molecule has 0 aliphatic carbocycles. The highest BCUT2D eigenvalue weighted by Crippen LogP contribution is 2.18. The predicted molar refractivity (Wildman–Crippen MR) is 34.9 cm³/mol. The highest BCUT2D eigenvalue weighted by atomic mass is 16.9. The van der Waals surface area contributed by atoms with Gasteiger partial charge in [0.15, 0.2) is 12.6 Å². The minimum atomic E-state index is 0.0141. The van der Waals surface area contributed by atoms with Crippen molar-refractivity contribution in [2.45, 2.75) is 32.8 Å². The second-order valence-electron chi connectivity index (χ2n) is 2.07. The Morgan fingerprint density at radius 3 is 2.56 bits per heavy atom. The van der Waals surface area contributed by atoms with Gasteiger partial charge < -0.3 is 9.47 Å². The highest BCUT2D eigenvalue weighted by Gasteiger charge is 2.24. The van der Waals surface area contributed by atoms with Gasteiger partial charge in [-0.25, -0.2) is 0 Å². The molecule has 1 aliphatic rings. The van der Waals surface area contributed by atoms with Crippen molar-refractivity contribution in [3.8, 4) is 0 Å². The van der Waals surface area contributed by atoms with Crippen LogP contribution >= 0.6 is 0 Å². The number of ether oxygens (including phenoxy) is 2. The first-order valence-corrected chi connectivity index (χ1v) is 3.25. The molecule has 1 fully saturated rings. The third kappa shape index (κ3) is 1.80. The minimum Gasteiger partial charge on any atom is -0.324 e. The maximum atomic E-state index is 5.17. The van der Waals surface area contributed by atoms with Crippen molar-refractivity contribution in [1.82, 2.24) is 0 Å². The molecule has 0 bridgehead atoms. The third-order valence-corrected chi connectivity index (χ3v) is 1.25. The normalized spacial score (nSPS) is 34.9.